The van der Waals surface area contributed by atoms with Crippen LogP contribution in [-0.2, 0) is 4.74 Å². The Morgan fingerprint density at radius 2 is 1.82 bits per heavy atom. The van der Waals surface area contributed by atoms with Crippen LogP contribution in [0, 0.1) is 0 Å². The van der Waals surface area contributed by atoms with Crippen molar-refractivity contribution in [2.24, 2.45) is 0 Å². The van der Waals surface area contributed by atoms with E-state index in [4.69, 9.17) is 4.74 Å². The fourth-order valence-electron chi connectivity index (χ4n) is 1.42. The van der Waals surface area contributed by atoms with E-state index in [9.17, 15) is 0 Å². The molecule has 0 spiro atoms. The molecule has 1 aliphatic rings. The lowest BCUT2D eigenvalue weighted by Gasteiger charge is -2.33. The predicted octanol–water partition coefficient (Wildman–Crippen LogP) is 1.51. The van der Waals surface area contributed by atoms with E-state index in [2.05, 4.69) is 25.7 Å². The van der Waals surface area contributed by atoms with Crippen LogP contribution in [0.1, 0.15) is 27.2 Å². The minimum absolute atomic E-state index is 0.313. The van der Waals surface area contributed by atoms with Crippen LogP contribution in [0.4, 0.5) is 0 Å². The SMILES string of the molecule is CC(C)(C)N1CCCOCC1. The van der Waals surface area contributed by atoms with Crippen LogP contribution < -0.4 is 0 Å². The summed E-state index contributed by atoms with van der Waals surface area (Å²) in [6.07, 6.45) is 1.18. The van der Waals surface area contributed by atoms with Gasteiger partial charge in [0.05, 0.1) is 6.61 Å². The zero-order valence-corrected chi connectivity index (χ0v) is 7.89. The van der Waals surface area contributed by atoms with E-state index in [-0.39, 0.29) is 0 Å². The molecular formula is C9H19NO. The van der Waals surface area contributed by atoms with Crippen molar-refractivity contribution >= 4 is 0 Å². The zero-order valence-electron chi connectivity index (χ0n) is 7.89. The van der Waals surface area contributed by atoms with Gasteiger partial charge in [0.25, 0.3) is 0 Å². The minimum Gasteiger partial charge on any atom is -0.380 e. The Labute approximate surface area is 69.5 Å². The van der Waals surface area contributed by atoms with E-state index in [0.29, 0.717) is 5.54 Å². The van der Waals surface area contributed by atoms with E-state index in [1.54, 1.807) is 0 Å². The quantitative estimate of drug-likeness (QED) is 0.528. The second kappa shape index (κ2) is 3.55. The van der Waals surface area contributed by atoms with Gasteiger partial charge in [0.15, 0.2) is 0 Å². The third-order valence-corrected chi connectivity index (χ3v) is 2.17. The van der Waals surface area contributed by atoms with Crippen molar-refractivity contribution in [1.82, 2.24) is 4.90 Å². The van der Waals surface area contributed by atoms with Crippen molar-refractivity contribution in [3.8, 4) is 0 Å². The number of hydrogen-bond donors (Lipinski definition) is 0. The average molecular weight is 157 g/mol. The molecule has 2 heteroatoms. The first-order chi connectivity index (χ1) is 5.11. The lowest BCUT2D eigenvalue weighted by Crippen LogP contribution is -2.42. The van der Waals surface area contributed by atoms with Gasteiger partial charge in [-0.15, -0.1) is 0 Å². The Morgan fingerprint density at radius 1 is 1.09 bits per heavy atom. The van der Waals surface area contributed by atoms with Crippen LogP contribution in [0.3, 0.4) is 0 Å². The molecule has 1 fully saturated rings. The topological polar surface area (TPSA) is 12.5 Å². The molecule has 1 rings (SSSR count). The molecule has 1 aliphatic heterocycles. The molecule has 0 aromatic rings. The van der Waals surface area contributed by atoms with Gasteiger partial charge in [0.2, 0.25) is 0 Å². The highest BCUT2D eigenvalue weighted by molar-refractivity contribution is 4.76. The summed E-state index contributed by atoms with van der Waals surface area (Å²) in [7, 11) is 0. The molecule has 0 aromatic carbocycles. The van der Waals surface area contributed by atoms with E-state index >= 15 is 0 Å². The maximum absolute atomic E-state index is 5.38. The van der Waals surface area contributed by atoms with Gasteiger partial charge in [0.1, 0.15) is 0 Å². The molecule has 0 N–H and O–H groups in total. The molecule has 0 bridgehead atoms. The molecule has 1 heterocycles. The van der Waals surface area contributed by atoms with E-state index in [0.717, 1.165) is 19.8 Å². The van der Waals surface area contributed by atoms with Crippen LogP contribution in [0.15, 0.2) is 0 Å². The summed E-state index contributed by atoms with van der Waals surface area (Å²) in [5.74, 6) is 0. The molecule has 0 radical (unpaired) electrons. The molecule has 0 aromatic heterocycles. The maximum atomic E-state index is 5.38. The smallest absolute Gasteiger partial charge is 0.0593 e. The molecular weight excluding hydrogens is 138 g/mol. The Kier molecular flexibility index (Phi) is 2.90. The molecule has 0 unspecified atom stereocenters. The lowest BCUT2D eigenvalue weighted by atomic mass is 10.1. The monoisotopic (exact) mass is 157 g/mol. The Balaban J connectivity index is 2.43. The number of rotatable bonds is 0. The van der Waals surface area contributed by atoms with Crippen molar-refractivity contribution in [3.63, 3.8) is 0 Å². The van der Waals surface area contributed by atoms with Crippen LogP contribution in [0.5, 0.6) is 0 Å². The highest BCUT2D eigenvalue weighted by Gasteiger charge is 2.21. The first-order valence-electron chi connectivity index (χ1n) is 4.43. The summed E-state index contributed by atoms with van der Waals surface area (Å²) in [4.78, 5) is 2.49. The summed E-state index contributed by atoms with van der Waals surface area (Å²) < 4.78 is 5.38. The second-order valence-electron chi connectivity index (χ2n) is 4.12. The summed E-state index contributed by atoms with van der Waals surface area (Å²) in [6, 6.07) is 0. The Bertz CT molecular complexity index is 109. The second-order valence-corrected chi connectivity index (χ2v) is 4.12. The van der Waals surface area contributed by atoms with E-state index < -0.39 is 0 Å². The summed E-state index contributed by atoms with van der Waals surface area (Å²) in [5, 5.41) is 0. The molecule has 11 heavy (non-hydrogen) atoms. The predicted molar refractivity (Wildman–Crippen MR) is 46.8 cm³/mol. The van der Waals surface area contributed by atoms with E-state index in [1.807, 2.05) is 0 Å². The first-order valence-corrected chi connectivity index (χ1v) is 4.43. The minimum atomic E-state index is 0.313. The van der Waals surface area contributed by atoms with Gasteiger partial charge in [-0.1, -0.05) is 0 Å². The van der Waals surface area contributed by atoms with E-state index in [1.165, 1.54) is 13.0 Å². The Hall–Kier alpha value is -0.0800. The van der Waals surface area contributed by atoms with Crippen LogP contribution in [0.2, 0.25) is 0 Å². The normalized spacial score (nSPS) is 23.2. The average Bonchev–Trinajstić information content (AvgIpc) is 2.10. The van der Waals surface area contributed by atoms with Gasteiger partial charge >= 0.3 is 0 Å². The summed E-state index contributed by atoms with van der Waals surface area (Å²) in [5.41, 5.74) is 0.313. The molecule has 0 amide bonds. The third-order valence-electron chi connectivity index (χ3n) is 2.17. The van der Waals surface area contributed by atoms with Crippen LogP contribution >= 0.6 is 0 Å². The van der Waals surface area contributed by atoms with Crippen LogP contribution in [0.25, 0.3) is 0 Å². The van der Waals surface area contributed by atoms with Gasteiger partial charge in [-0.25, -0.2) is 0 Å². The van der Waals surface area contributed by atoms with Gasteiger partial charge < -0.3 is 4.74 Å². The summed E-state index contributed by atoms with van der Waals surface area (Å²) >= 11 is 0. The molecule has 66 valence electrons. The first kappa shape index (κ1) is 9.01. The molecule has 1 saturated heterocycles. The largest absolute Gasteiger partial charge is 0.380 e. The molecule has 0 atom stereocenters. The van der Waals surface area contributed by atoms with Crippen molar-refractivity contribution in [2.75, 3.05) is 26.3 Å². The molecule has 0 aliphatic carbocycles. The highest BCUT2D eigenvalue weighted by atomic mass is 16.5. The summed E-state index contributed by atoms with van der Waals surface area (Å²) in [6.45, 7) is 10.9. The van der Waals surface area contributed by atoms with Crippen molar-refractivity contribution in [1.29, 1.82) is 0 Å². The molecule has 2 nitrogen and oxygen atoms in total. The lowest BCUT2D eigenvalue weighted by molar-refractivity contribution is 0.110. The fourth-order valence-corrected chi connectivity index (χ4v) is 1.42. The highest BCUT2D eigenvalue weighted by Crippen LogP contribution is 2.14. The van der Waals surface area contributed by atoms with Crippen LogP contribution in [-0.4, -0.2) is 36.7 Å². The standard InChI is InChI=1S/C9H19NO/c1-9(2,3)10-5-4-7-11-8-6-10/h4-8H2,1-3H3. The maximum Gasteiger partial charge on any atom is 0.0593 e. The van der Waals surface area contributed by atoms with Crippen molar-refractivity contribution in [2.45, 2.75) is 32.7 Å². The number of hydrogen-bond acceptors (Lipinski definition) is 2. The zero-order chi connectivity index (χ0) is 8.32. The van der Waals surface area contributed by atoms with Crippen molar-refractivity contribution < 1.29 is 4.74 Å². The Morgan fingerprint density at radius 3 is 2.45 bits per heavy atom. The third kappa shape index (κ3) is 2.80. The van der Waals surface area contributed by atoms with Crippen molar-refractivity contribution in [3.05, 3.63) is 0 Å². The number of ether oxygens (including phenoxy) is 1. The van der Waals surface area contributed by atoms with Gasteiger partial charge in [0, 0.05) is 25.2 Å². The molecule has 0 saturated carbocycles. The van der Waals surface area contributed by atoms with Gasteiger partial charge in [-0.2, -0.15) is 0 Å². The number of nitrogens with zero attached hydrogens (tertiary/aromatic N) is 1. The van der Waals surface area contributed by atoms with Gasteiger partial charge in [-0.05, 0) is 27.2 Å². The van der Waals surface area contributed by atoms with Gasteiger partial charge in [-0.3, -0.25) is 4.90 Å². The fraction of sp³-hybridized carbons (Fsp3) is 1.00.